The van der Waals surface area contributed by atoms with Crippen LogP contribution in [-0.2, 0) is 16.1 Å². The quantitative estimate of drug-likeness (QED) is 0.942. The van der Waals surface area contributed by atoms with Crippen molar-refractivity contribution >= 4 is 23.2 Å². The maximum Gasteiger partial charge on any atom is 0.230 e. The van der Waals surface area contributed by atoms with Crippen LogP contribution < -0.4 is 10.2 Å². The number of nitrogens with one attached hydrogen (secondary N) is 1. The van der Waals surface area contributed by atoms with Gasteiger partial charge in [0, 0.05) is 26.1 Å². The smallest absolute Gasteiger partial charge is 0.230 e. The van der Waals surface area contributed by atoms with Crippen LogP contribution in [0.5, 0.6) is 0 Å². The largest absolute Gasteiger partial charge is 0.381 e. The normalized spacial score (nSPS) is 10.1. The summed E-state index contributed by atoms with van der Waals surface area (Å²) in [5.41, 5.74) is 2.22. The fourth-order valence-electron chi connectivity index (χ4n) is 2.15. The van der Waals surface area contributed by atoms with Crippen LogP contribution in [0.25, 0.3) is 0 Å². The molecule has 0 atom stereocenters. The van der Waals surface area contributed by atoms with E-state index in [4.69, 9.17) is 0 Å². The Hall–Kier alpha value is -2.69. The first-order valence-corrected chi connectivity index (χ1v) is 6.87. The minimum atomic E-state index is -0.330. The van der Waals surface area contributed by atoms with Gasteiger partial charge in [0.2, 0.25) is 11.8 Å². The number of nitrogens with zero attached hydrogens (tertiary/aromatic N) is 1. The molecule has 2 aromatic carbocycles. The molecular formula is C17H17FN2O2. The number of carbonyl (C=O) groups is 2. The van der Waals surface area contributed by atoms with E-state index in [0.717, 1.165) is 16.2 Å². The molecule has 1 N–H and O–H groups in total. The molecule has 0 aliphatic carbocycles. The first-order chi connectivity index (χ1) is 10.5. The van der Waals surface area contributed by atoms with Gasteiger partial charge in [-0.3, -0.25) is 14.5 Å². The van der Waals surface area contributed by atoms with E-state index in [1.807, 2.05) is 6.07 Å². The van der Waals surface area contributed by atoms with Gasteiger partial charge in [0.15, 0.2) is 0 Å². The predicted octanol–water partition coefficient (Wildman–Crippen LogP) is 3.34. The van der Waals surface area contributed by atoms with Gasteiger partial charge >= 0.3 is 0 Å². The van der Waals surface area contributed by atoms with Crippen LogP contribution in [0.2, 0.25) is 0 Å². The van der Waals surface area contributed by atoms with Crippen molar-refractivity contribution in [3.63, 3.8) is 0 Å². The SMILES string of the molecule is CC(=O)N(C(C)=O)c1cccc(NCc2ccc(F)cc2)c1. The van der Waals surface area contributed by atoms with Crippen LogP contribution >= 0.6 is 0 Å². The molecule has 0 fully saturated rings. The van der Waals surface area contributed by atoms with E-state index in [-0.39, 0.29) is 17.6 Å². The minimum Gasteiger partial charge on any atom is -0.381 e. The van der Waals surface area contributed by atoms with Gasteiger partial charge in [0.25, 0.3) is 0 Å². The molecule has 2 amide bonds. The van der Waals surface area contributed by atoms with Crippen LogP contribution in [-0.4, -0.2) is 11.8 Å². The molecule has 2 rings (SSSR count). The van der Waals surface area contributed by atoms with E-state index in [9.17, 15) is 14.0 Å². The van der Waals surface area contributed by atoms with Crippen LogP contribution in [0.1, 0.15) is 19.4 Å². The predicted molar refractivity (Wildman–Crippen MR) is 84.0 cm³/mol. The third-order valence-electron chi connectivity index (χ3n) is 3.14. The molecule has 0 aromatic heterocycles. The van der Waals surface area contributed by atoms with Crippen molar-refractivity contribution in [2.45, 2.75) is 20.4 Å². The average molecular weight is 300 g/mol. The standard InChI is InChI=1S/C17H17FN2O2/c1-12(21)20(13(2)22)17-5-3-4-16(10-17)19-11-14-6-8-15(18)9-7-14/h3-10,19H,11H2,1-2H3. The molecule has 0 bridgehead atoms. The lowest BCUT2D eigenvalue weighted by molar-refractivity contribution is -0.124. The molecule has 114 valence electrons. The first-order valence-electron chi connectivity index (χ1n) is 6.87. The fraction of sp³-hybridized carbons (Fsp3) is 0.176. The van der Waals surface area contributed by atoms with E-state index < -0.39 is 0 Å². The maximum absolute atomic E-state index is 12.9. The zero-order valence-corrected chi connectivity index (χ0v) is 12.5. The Kier molecular flexibility index (Phi) is 4.88. The van der Waals surface area contributed by atoms with E-state index in [1.165, 1.54) is 26.0 Å². The monoisotopic (exact) mass is 300 g/mol. The van der Waals surface area contributed by atoms with Gasteiger partial charge in [-0.15, -0.1) is 0 Å². The molecule has 0 spiro atoms. The number of anilines is 2. The average Bonchev–Trinajstić information content (AvgIpc) is 2.46. The highest BCUT2D eigenvalue weighted by Crippen LogP contribution is 2.20. The molecule has 0 saturated carbocycles. The highest BCUT2D eigenvalue weighted by atomic mass is 19.1. The first kappa shape index (κ1) is 15.7. The van der Waals surface area contributed by atoms with Gasteiger partial charge in [0.05, 0.1) is 5.69 Å². The van der Waals surface area contributed by atoms with Crippen molar-refractivity contribution in [1.82, 2.24) is 0 Å². The van der Waals surface area contributed by atoms with Crippen molar-refractivity contribution in [2.75, 3.05) is 10.2 Å². The van der Waals surface area contributed by atoms with E-state index >= 15 is 0 Å². The van der Waals surface area contributed by atoms with Gasteiger partial charge in [-0.1, -0.05) is 18.2 Å². The summed E-state index contributed by atoms with van der Waals surface area (Å²) in [5.74, 6) is -0.935. The Morgan fingerprint density at radius 1 is 1.05 bits per heavy atom. The zero-order valence-electron chi connectivity index (χ0n) is 12.5. The van der Waals surface area contributed by atoms with Crippen molar-refractivity contribution in [3.8, 4) is 0 Å². The molecule has 22 heavy (non-hydrogen) atoms. The third kappa shape index (κ3) is 3.91. The number of hydrogen-bond acceptors (Lipinski definition) is 3. The van der Waals surface area contributed by atoms with Crippen LogP contribution in [0.3, 0.4) is 0 Å². The second-order valence-corrected chi connectivity index (χ2v) is 4.90. The summed E-state index contributed by atoms with van der Waals surface area (Å²) < 4.78 is 12.9. The van der Waals surface area contributed by atoms with Gasteiger partial charge in [0.1, 0.15) is 5.82 Å². The second-order valence-electron chi connectivity index (χ2n) is 4.90. The lowest BCUT2D eigenvalue weighted by atomic mass is 10.2. The molecule has 0 aliphatic rings. The third-order valence-corrected chi connectivity index (χ3v) is 3.14. The summed E-state index contributed by atoms with van der Waals surface area (Å²) in [5, 5.41) is 3.18. The number of hydrogen-bond donors (Lipinski definition) is 1. The second kappa shape index (κ2) is 6.85. The lowest BCUT2D eigenvalue weighted by Gasteiger charge is -2.18. The fourth-order valence-corrected chi connectivity index (χ4v) is 2.15. The summed E-state index contributed by atoms with van der Waals surface area (Å²) >= 11 is 0. The number of carbonyl (C=O) groups excluding carboxylic acids is 2. The van der Waals surface area contributed by atoms with Crippen molar-refractivity contribution in [2.24, 2.45) is 0 Å². The van der Waals surface area contributed by atoms with Crippen LogP contribution in [0.4, 0.5) is 15.8 Å². The Morgan fingerprint density at radius 3 is 2.27 bits per heavy atom. The van der Waals surface area contributed by atoms with E-state index in [2.05, 4.69) is 5.32 Å². The maximum atomic E-state index is 12.9. The van der Waals surface area contributed by atoms with Crippen molar-refractivity contribution in [3.05, 3.63) is 59.9 Å². The Bertz CT molecular complexity index is 669. The summed E-state index contributed by atoms with van der Waals surface area (Å²) in [4.78, 5) is 24.2. The van der Waals surface area contributed by atoms with Crippen LogP contribution in [0, 0.1) is 5.82 Å². The topological polar surface area (TPSA) is 49.4 Å². The number of imide groups is 1. The van der Waals surface area contributed by atoms with Gasteiger partial charge in [-0.25, -0.2) is 4.39 Å². The number of benzene rings is 2. The molecule has 0 heterocycles. The number of halogens is 1. The van der Waals surface area contributed by atoms with Gasteiger partial charge in [-0.2, -0.15) is 0 Å². The van der Waals surface area contributed by atoms with Gasteiger partial charge in [-0.05, 0) is 35.9 Å². The zero-order chi connectivity index (χ0) is 16.1. The molecule has 0 radical (unpaired) electrons. The Balaban J connectivity index is 2.12. The van der Waals surface area contributed by atoms with Crippen molar-refractivity contribution in [1.29, 1.82) is 0 Å². The lowest BCUT2D eigenvalue weighted by Crippen LogP contribution is -2.33. The van der Waals surface area contributed by atoms with E-state index in [0.29, 0.717) is 12.2 Å². The highest BCUT2D eigenvalue weighted by Gasteiger charge is 2.16. The molecule has 0 unspecified atom stereocenters. The number of amides is 2. The highest BCUT2D eigenvalue weighted by molar-refractivity contribution is 6.13. The molecule has 2 aromatic rings. The summed E-state index contributed by atoms with van der Waals surface area (Å²) in [7, 11) is 0. The Morgan fingerprint density at radius 2 is 1.68 bits per heavy atom. The molecule has 0 saturated heterocycles. The molecule has 4 nitrogen and oxygen atoms in total. The molecular weight excluding hydrogens is 283 g/mol. The van der Waals surface area contributed by atoms with Crippen molar-refractivity contribution < 1.29 is 14.0 Å². The Labute approximate surface area is 128 Å². The number of rotatable bonds is 4. The molecule has 5 heteroatoms. The summed E-state index contributed by atoms with van der Waals surface area (Å²) in [6.45, 7) is 3.21. The minimum absolute atomic E-state index is 0.274. The van der Waals surface area contributed by atoms with E-state index in [1.54, 1.807) is 30.3 Å². The van der Waals surface area contributed by atoms with Gasteiger partial charge < -0.3 is 5.32 Å². The van der Waals surface area contributed by atoms with Crippen LogP contribution in [0.15, 0.2) is 48.5 Å². The summed E-state index contributed by atoms with van der Waals surface area (Å²) in [6.07, 6.45) is 0. The summed E-state index contributed by atoms with van der Waals surface area (Å²) in [6, 6.07) is 13.2. The molecule has 0 aliphatic heterocycles.